The summed E-state index contributed by atoms with van der Waals surface area (Å²) in [4.78, 5) is 0. The quantitative estimate of drug-likeness (QED) is 0.0509. The maximum absolute atomic E-state index is 8.78. The van der Waals surface area contributed by atoms with Gasteiger partial charge in [-0.05, 0) is 39.5 Å². The van der Waals surface area contributed by atoms with Gasteiger partial charge in [-0.25, -0.2) is 0 Å². The molecule has 0 aromatic heterocycles. The molecule has 1 fully saturated rings. The van der Waals surface area contributed by atoms with Gasteiger partial charge < -0.3 is 19.7 Å². The Morgan fingerprint density at radius 3 is 0.896 bits per heavy atom. The summed E-state index contributed by atoms with van der Waals surface area (Å²) in [6, 6.07) is 0. The van der Waals surface area contributed by atoms with Crippen molar-refractivity contribution in [2.75, 3.05) is 13.2 Å². The molecule has 1 saturated heterocycles. The summed E-state index contributed by atoms with van der Waals surface area (Å²) in [5, 5.41) is 17.1. The number of ether oxygens (including phenoxy) is 2. The van der Waals surface area contributed by atoms with Crippen LogP contribution in [0.4, 0.5) is 0 Å². The van der Waals surface area contributed by atoms with Gasteiger partial charge in [0.15, 0.2) is 5.79 Å². The van der Waals surface area contributed by atoms with Crippen molar-refractivity contribution in [1.29, 1.82) is 0 Å². The molecule has 1 aliphatic heterocycles. The number of aliphatic hydroxyl groups is 2. The number of allylic oxidation sites excluding steroid dienone is 2. The monoisotopic (exact) mass is 922 g/mol. The van der Waals surface area contributed by atoms with Gasteiger partial charge in [0.1, 0.15) is 0 Å². The van der Waals surface area contributed by atoms with E-state index in [1.54, 1.807) is 0 Å². The fourth-order valence-electron chi connectivity index (χ4n) is 11.2. The molecule has 1 heterocycles. The van der Waals surface area contributed by atoms with E-state index in [-0.39, 0.29) is 25.9 Å². The molecule has 0 saturated carbocycles. The molecule has 0 aromatic carbocycles. The molecule has 0 bridgehead atoms. The predicted octanol–water partition coefficient (Wildman–Crippen LogP) is -17.1. The lowest BCUT2D eigenvalue weighted by molar-refractivity contribution is -0.137. The number of rotatable bonds is 33. The summed E-state index contributed by atoms with van der Waals surface area (Å²) in [7, 11) is 183. The highest BCUT2D eigenvalue weighted by molar-refractivity contribution is 8.36. The summed E-state index contributed by atoms with van der Waals surface area (Å²) >= 11 is 0. The SMILES string of the molecule is C.CC/C=C\C[C@H](O)CO.CC/C=C\C[C@H]1COC(C)(C)O1.[B][B]B([B])B(B([B])[B])B(B(B(B([B])[B])B([B])[B])B(B([B])[B])B([B])[B])B(B(B(B([B])[B])B([B])[B])B(B([B])[B])B([B])[B])B(B(B([B])[B])B([B])[B])B(B([B])[B])B([B])[B]. The Labute approximate surface area is 521 Å². The molecule has 1 rings (SSSR count). The Morgan fingerprint density at radius 1 is 0.442 bits per heavy atom. The summed E-state index contributed by atoms with van der Waals surface area (Å²) in [6.45, 7) is 8.65. The van der Waals surface area contributed by atoms with Crippen molar-refractivity contribution in [3.05, 3.63) is 24.3 Å². The predicted molar refractivity (Wildman–Crippen MR) is 409 cm³/mol. The fourth-order valence-corrected chi connectivity index (χ4v) is 11.2. The maximum atomic E-state index is 8.78. The minimum absolute atomic E-state index is 0. The van der Waals surface area contributed by atoms with Crippen LogP contribution < -0.4 is 0 Å². The van der Waals surface area contributed by atoms with E-state index in [1.807, 2.05) is 32.9 Å². The lowest BCUT2D eigenvalue weighted by Gasteiger charge is -2.58. The molecule has 0 aliphatic carbocycles. The van der Waals surface area contributed by atoms with Crippen LogP contribution in [0, 0.1) is 0 Å². The van der Waals surface area contributed by atoms with Gasteiger partial charge in [-0.2, -0.15) is 0 Å². The smallest absolute Gasteiger partial charge is 0.163 e. The van der Waals surface area contributed by atoms with Crippen molar-refractivity contribution in [2.24, 2.45) is 0 Å². The average molecular weight is 911 g/mol. The topological polar surface area (TPSA) is 58.9 Å². The molecule has 2 atom stereocenters. The van der Waals surface area contributed by atoms with Crippen LogP contribution in [0.3, 0.4) is 0 Å². The van der Waals surface area contributed by atoms with Gasteiger partial charge in [-0.3, -0.25) is 0 Å². The van der Waals surface area contributed by atoms with Crippen LogP contribution in [0.2, 0.25) is 0 Å². The first-order chi connectivity index (χ1) is 35.0. The van der Waals surface area contributed by atoms with Crippen molar-refractivity contribution in [1.82, 2.24) is 0 Å². The first-order valence-corrected chi connectivity index (χ1v) is 25.9. The molecule has 2 N–H and O–H groups in total. The second-order valence-electron chi connectivity index (χ2n) is 20.7. The van der Waals surface area contributed by atoms with Crippen LogP contribution in [0.25, 0.3) is 0 Å². The van der Waals surface area contributed by atoms with Gasteiger partial charge in [-0.15, -0.1) is 0 Å². The average Bonchev–Trinajstić information content (AvgIpc) is 3.62. The second-order valence-corrected chi connectivity index (χ2v) is 20.7. The molecule has 297 valence electrons. The molecule has 0 aromatic rings. The van der Waals surface area contributed by atoms with E-state index in [9.17, 15) is 0 Å². The maximum Gasteiger partial charge on any atom is 0.163 e. The van der Waals surface area contributed by atoms with Crippen LogP contribution in [0.1, 0.15) is 60.8 Å². The van der Waals surface area contributed by atoms with Gasteiger partial charge in [0, 0.05) is 390 Å². The highest BCUT2D eigenvalue weighted by Crippen LogP contribution is 2.25. The minimum Gasteiger partial charge on any atom is -0.394 e. The first kappa shape index (κ1) is 84.1. The van der Waals surface area contributed by atoms with E-state index >= 15 is 0 Å². The van der Waals surface area contributed by atoms with Crippen LogP contribution in [-0.4, -0.2) is 431 Å². The van der Waals surface area contributed by atoms with Crippen LogP contribution in [0.5, 0.6) is 0 Å². The zero-order valence-corrected chi connectivity index (χ0v) is 45.7. The lowest BCUT2D eigenvalue weighted by Crippen LogP contribution is -2.96. The van der Waals surface area contributed by atoms with E-state index in [1.165, 1.54) is 0 Å². The number of hydrogen-bond donors (Lipinski definition) is 2. The Balaban J connectivity index is -0.00000204. The summed E-state index contributed by atoms with van der Waals surface area (Å²) in [6.07, 6.45) is -23.3. The van der Waals surface area contributed by atoms with Crippen molar-refractivity contribution >= 4 is 390 Å². The molecule has 0 spiro atoms. The number of aliphatic hydroxyl groups excluding tert-OH is 2. The largest absolute Gasteiger partial charge is 0.394 e. The van der Waals surface area contributed by atoms with Crippen molar-refractivity contribution in [3.8, 4) is 0 Å². The molecular weight excluding hydrogens is 875 g/mol. The Bertz CT molecular complexity index is 1370. The van der Waals surface area contributed by atoms with E-state index in [2.05, 4.69) is 19.1 Å². The molecule has 0 unspecified atom stereocenters. The molecule has 4 nitrogen and oxygen atoms in total. The van der Waals surface area contributed by atoms with Gasteiger partial charge in [0.05, 0.1) is 25.4 Å². The third-order valence-electron chi connectivity index (χ3n) is 14.2. The Hall–Kier alpha value is 2.89. The van der Waals surface area contributed by atoms with Crippen LogP contribution >= 0.6 is 0 Å². The minimum atomic E-state index is -1.42. The third-order valence-corrected chi connectivity index (χ3v) is 14.2. The van der Waals surface area contributed by atoms with E-state index in [0.717, 1.165) is 32.9 Å². The second kappa shape index (κ2) is 42.7. The molecule has 1 aliphatic rings. The zero-order chi connectivity index (χ0) is 59.9. The van der Waals surface area contributed by atoms with Crippen LogP contribution in [0.15, 0.2) is 24.3 Å². The van der Waals surface area contributed by atoms with E-state index in [4.69, 9.17) is 236 Å². The summed E-state index contributed by atoms with van der Waals surface area (Å²) in [5.74, 6) is -0.370. The molecule has 0 amide bonds. The van der Waals surface area contributed by atoms with Gasteiger partial charge in [0.25, 0.3) is 0 Å². The summed E-state index contributed by atoms with van der Waals surface area (Å²) < 4.78 is 11.0. The molecule has 59 heteroatoms. The number of hydrogen-bond acceptors (Lipinski definition) is 4. The molecule has 77 heavy (non-hydrogen) atoms. The highest BCUT2D eigenvalue weighted by atomic mass is 16.7. The first-order valence-electron chi connectivity index (χ1n) is 25.9. The zero-order valence-electron chi connectivity index (χ0n) is 45.7. The summed E-state index contributed by atoms with van der Waals surface area (Å²) in [5.41, 5.74) is 0. The molecular formula is C18H36B55O4. The standard InChI is InChI=1S/C10H18O2.C7H14O2.CH4.B55/c1-4-5-6-7-9-8-11-10(2,3)12-9;1-2-3-4-5-7(9)6-8;;1-29-43(28)50(42(26)27)54(51(44(30(2)3)31(4)5)45(32(6)7)33(8)9)55(52(46(34(10)11)35(12)13)47(36(14)15)37(16)17)53(48(38(18)19)39(20)21)49(40(22)23)41(24)25/h5-6,9H,4,7-8H2,1-3H3;3-4,7-9H,2,5-6H2,1H3;1H4;/b6-5-;4-3-;;/t9-;7-;;/m00../s1. The van der Waals surface area contributed by atoms with Gasteiger partial charge >= 0.3 is 0 Å². The van der Waals surface area contributed by atoms with E-state index < -0.39 is 172 Å². The van der Waals surface area contributed by atoms with E-state index in [0.29, 0.717) is 6.42 Å². The van der Waals surface area contributed by atoms with Gasteiger partial charge in [-0.1, -0.05) is 45.6 Å². The third kappa shape index (κ3) is 28.5. The Kier molecular flexibility index (Phi) is 46.6. The lowest BCUT2D eigenvalue weighted by atomic mass is 8.23. The van der Waals surface area contributed by atoms with Crippen molar-refractivity contribution in [3.63, 3.8) is 0 Å². The van der Waals surface area contributed by atoms with Crippen molar-refractivity contribution in [2.45, 2.75) is 78.8 Å². The van der Waals surface area contributed by atoms with Gasteiger partial charge in [0.2, 0.25) is 0 Å². The van der Waals surface area contributed by atoms with Crippen molar-refractivity contribution < 1.29 is 19.7 Å². The van der Waals surface area contributed by atoms with Crippen LogP contribution in [-0.2, 0) is 9.47 Å². The highest BCUT2D eigenvalue weighted by Gasteiger charge is 2.61. The fraction of sp³-hybridized carbons (Fsp3) is 0.778. The Morgan fingerprint density at radius 2 is 0.688 bits per heavy atom. The molecule has 57 radical (unpaired) electrons. The normalized spacial score (nSPS) is 13.0.